The predicted octanol–water partition coefficient (Wildman–Crippen LogP) is -0.0509. The van der Waals surface area contributed by atoms with Gasteiger partial charge in [-0.15, -0.1) is 0 Å². The zero-order chi connectivity index (χ0) is 12.3. The van der Waals surface area contributed by atoms with Gasteiger partial charge in [0.1, 0.15) is 0 Å². The number of alkyl halides is 3. The van der Waals surface area contributed by atoms with E-state index in [-0.39, 0.29) is 19.8 Å². The molecule has 5 nitrogen and oxygen atoms in total. The van der Waals surface area contributed by atoms with Gasteiger partial charge in [-0.1, -0.05) is 0 Å². The number of nitrogens with zero attached hydrogens (tertiary/aromatic N) is 1. The number of rotatable bonds is 1. The standard InChI is InChI=1S/C8H10F3NO4/c1-15-6(13)5-4-16-3-2-12(5)7(14)8(9,10)11/h5H,2-4H2,1H3. The third kappa shape index (κ3) is 2.63. The van der Waals surface area contributed by atoms with Crippen molar-refractivity contribution in [2.75, 3.05) is 26.9 Å². The summed E-state index contributed by atoms with van der Waals surface area (Å²) in [6.07, 6.45) is -5.00. The highest BCUT2D eigenvalue weighted by atomic mass is 19.4. The van der Waals surface area contributed by atoms with Gasteiger partial charge in [-0.25, -0.2) is 4.79 Å². The Bertz CT molecular complexity index is 291. The predicted molar refractivity (Wildman–Crippen MR) is 44.4 cm³/mol. The summed E-state index contributed by atoms with van der Waals surface area (Å²) in [4.78, 5) is 22.6. The summed E-state index contributed by atoms with van der Waals surface area (Å²) in [6.45, 7) is -0.595. The lowest BCUT2D eigenvalue weighted by Crippen LogP contribution is -2.56. The summed E-state index contributed by atoms with van der Waals surface area (Å²) in [5.41, 5.74) is 0. The van der Waals surface area contributed by atoms with E-state index >= 15 is 0 Å². The number of amides is 1. The number of morpholine rings is 1. The van der Waals surface area contributed by atoms with E-state index in [1.807, 2.05) is 0 Å². The molecular weight excluding hydrogens is 231 g/mol. The molecular formula is C8H10F3NO4. The van der Waals surface area contributed by atoms with Crippen LogP contribution < -0.4 is 0 Å². The first-order valence-corrected chi connectivity index (χ1v) is 4.41. The lowest BCUT2D eigenvalue weighted by Gasteiger charge is -2.33. The number of halogens is 3. The Labute approximate surface area is 89.1 Å². The number of carbonyl (C=O) groups excluding carboxylic acids is 2. The fraction of sp³-hybridized carbons (Fsp3) is 0.750. The van der Waals surface area contributed by atoms with Gasteiger partial charge in [0.05, 0.1) is 20.3 Å². The van der Waals surface area contributed by atoms with Crippen molar-refractivity contribution in [3.63, 3.8) is 0 Å². The lowest BCUT2D eigenvalue weighted by molar-refractivity contribution is -0.195. The molecule has 0 aromatic carbocycles. The molecule has 1 fully saturated rings. The smallest absolute Gasteiger partial charge is 0.467 e. The normalized spacial score (nSPS) is 21.8. The quantitative estimate of drug-likeness (QED) is 0.604. The molecule has 1 atom stereocenters. The topological polar surface area (TPSA) is 55.8 Å². The fourth-order valence-electron chi connectivity index (χ4n) is 1.34. The van der Waals surface area contributed by atoms with Crippen LogP contribution in [0.15, 0.2) is 0 Å². The second-order valence-electron chi connectivity index (χ2n) is 3.11. The van der Waals surface area contributed by atoms with Crippen LogP contribution in [0.1, 0.15) is 0 Å². The monoisotopic (exact) mass is 241 g/mol. The molecule has 1 saturated heterocycles. The van der Waals surface area contributed by atoms with E-state index in [1.54, 1.807) is 0 Å². The summed E-state index contributed by atoms with van der Waals surface area (Å²) in [5.74, 6) is -2.97. The SMILES string of the molecule is COC(=O)C1COCCN1C(=O)C(F)(F)F. The van der Waals surface area contributed by atoms with Crippen LogP contribution >= 0.6 is 0 Å². The van der Waals surface area contributed by atoms with E-state index in [0.717, 1.165) is 7.11 Å². The maximum atomic E-state index is 12.2. The van der Waals surface area contributed by atoms with Crippen LogP contribution in [0.25, 0.3) is 0 Å². The highest BCUT2D eigenvalue weighted by Crippen LogP contribution is 2.21. The number of hydrogen-bond donors (Lipinski definition) is 0. The van der Waals surface area contributed by atoms with Crippen molar-refractivity contribution in [3.05, 3.63) is 0 Å². The zero-order valence-corrected chi connectivity index (χ0v) is 8.41. The Hall–Kier alpha value is -1.31. The molecule has 0 aromatic rings. The summed E-state index contributed by atoms with van der Waals surface area (Å²) in [5, 5.41) is 0. The Kier molecular flexibility index (Phi) is 3.74. The number of ether oxygens (including phenoxy) is 2. The van der Waals surface area contributed by atoms with Gasteiger partial charge in [-0.2, -0.15) is 13.2 Å². The first-order chi connectivity index (χ1) is 7.38. The molecule has 16 heavy (non-hydrogen) atoms. The molecule has 1 amide bonds. The van der Waals surface area contributed by atoms with E-state index < -0.39 is 24.1 Å². The molecule has 92 valence electrons. The highest BCUT2D eigenvalue weighted by molar-refractivity contribution is 5.87. The zero-order valence-electron chi connectivity index (χ0n) is 8.41. The van der Waals surface area contributed by atoms with Crippen molar-refractivity contribution >= 4 is 11.9 Å². The summed E-state index contributed by atoms with van der Waals surface area (Å²) >= 11 is 0. The Morgan fingerprint density at radius 2 is 2.06 bits per heavy atom. The van der Waals surface area contributed by atoms with Crippen LogP contribution in [0, 0.1) is 0 Å². The lowest BCUT2D eigenvalue weighted by atomic mass is 10.2. The van der Waals surface area contributed by atoms with Crippen molar-refractivity contribution in [2.45, 2.75) is 12.2 Å². The van der Waals surface area contributed by atoms with Crippen LogP contribution in [0.5, 0.6) is 0 Å². The minimum atomic E-state index is -5.00. The largest absolute Gasteiger partial charge is 0.471 e. The molecule has 0 saturated carbocycles. The van der Waals surface area contributed by atoms with Crippen molar-refractivity contribution in [2.24, 2.45) is 0 Å². The summed E-state index contributed by atoms with van der Waals surface area (Å²) in [7, 11) is 1.03. The number of hydrogen-bond acceptors (Lipinski definition) is 4. The van der Waals surface area contributed by atoms with E-state index in [2.05, 4.69) is 4.74 Å². The highest BCUT2D eigenvalue weighted by Gasteiger charge is 2.47. The van der Waals surface area contributed by atoms with Crippen LogP contribution in [0.4, 0.5) is 13.2 Å². The minimum absolute atomic E-state index is 0.0324. The number of methoxy groups -OCH3 is 1. The molecule has 1 aliphatic heterocycles. The molecule has 0 bridgehead atoms. The van der Waals surface area contributed by atoms with E-state index in [1.165, 1.54) is 0 Å². The average Bonchev–Trinajstić information content (AvgIpc) is 2.25. The van der Waals surface area contributed by atoms with Crippen molar-refractivity contribution in [1.29, 1.82) is 0 Å². The molecule has 0 radical (unpaired) electrons. The van der Waals surface area contributed by atoms with E-state index in [4.69, 9.17) is 4.74 Å². The second-order valence-corrected chi connectivity index (χ2v) is 3.11. The molecule has 1 heterocycles. The first kappa shape index (κ1) is 12.8. The molecule has 1 aliphatic rings. The van der Waals surface area contributed by atoms with E-state index in [0.29, 0.717) is 4.90 Å². The molecule has 0 aliphatic carbocycles. The van der Waals surface area contributed by atoms with Crippen molar-refractivity contribution in [1.82, 2.24) is 4.90 Å². The number of carbonyl (C=O) groups is 2. The Balaban J connectivity index is 2.82. The van der Waals surface area contributed by atoms with Crippen LogP contribution in [0.3, 0.4) is 0 Å². The van der Waals surface area contributed by atoms with Crippen LogP contribution in [0.2, 0.25) is 0 Å². The van der Waals surface area contributed by atoms with Gasteiger partial charge in [-0.05, 0) is 0 Å². The van der Waals surface area contributed by atoms with Gasteiger partial charge in [0.15, 0.2) is 6.04 Å². The molecule has 1 rings (SSSR count). The molecule has 0 aromatic heterocycles. The van der Waals surface area contributed by atoms with Crippen molar-refractivity contribution < 1.29 is 32.2 Å². The van der Waals surface area contributed by atoms with E-state index in [9.17, 15) is 22.8 Å². The number of esters is 1. The molecule has 0 N–H and O–H groups in total. The van der Waals surface area contributed by atoms with Crippen LogP contribution in [-0.2, 0) is 19.1 Å². The summed E-state index contributed by atoms with van der Waals surface area (Å²) in [6, 6.07) is -1.33. The molecule has 8 heteroatoms. The Morgan fingerprint density at radius 1 is 1.44 bits per heavy atom. The third-order valence-electron chi connectivity index (χ3n) is 2.11. The maximum Gasteiger partial charge on any atom is 0.471 e. The minimum Gasteiger partial charge on any atom is -0.467 e. The first-order valence-electron chi connectivity index (χ1n) is 4.41. The van der Waals surface area contributed by atoms with Gasteiger partial charge in [0.25, 0.3) is 0 Å². The second kappa shape index (κ2) is 4.69. The fourth-order valence-corrected chi connectivity index (χ4v) is 1.34. The molecule has 0 spiro atoms. The Morgan fingerprint density at radius 3 is 2.56 bits per heavy atom. The van der Waals surface area contributed by atoms with Crippen LogP contribution in [-0.4, -0.2) is 55.9 Å². The van der Waals surface area contributed by atoms with Gasteiger partial charge in [0, 0.05) is 6.54 Å². The van der Waals surface area contributed by atoms with Gasteiger partial charge in [-0.3, -0.25) is 4.79 Å². The van der Waals surface area contributed by atoms with Gasteiger partial charge in [0.2, 0.25) is 0 Å². The average molecular weight is 241 g/mol. The third-order valence-corrected chi connectivity index (χ3v) is 2.11. The molecule has 1 unspecified atom stereocenters. The van der Waals surface area contributed by atoms with Gasteiger partial charge < -0.3 is 14.4 Å². The van der Waals surface area contributed by atoms with Crippen molar-refractivity contribution in [3.8, 4) is 0 Å². The van der Waals surface area contributed by atoms with Gasteiger partial charge >= 0.3 is 18.1 Å². The summed E-state index contributed by atoms with van der Waals surface area (Å²) < 4.78 is 45.7. The maximum absolute atomic E-state index is 12.2.